The fraction of sp³-hybridized carbons (Fsp3) is 0.353. The summed E-state index contributed by atoms with van der Waals surface area (Å²) in [6.45, 7) is 2.53. The molecule has 0 aliphatic rings. The number of esters is 1. The van der Waals surface area contributed by atoms with Gasteiger partial charge in [-0.2, -0.15) is 10.2 Å². The highest BCUT2D eigenvalue weighted by molar-refractivity contribution is 5.97. The first-order valence-corrected chi connectivity index (χ1v) is 7.80. The molecule has 0 fully saturated rings. The number of ether oxygens (including phenoxy) is 2. The van der Waals surface area contributed by atoms with Crippen molar-refractivity contribution in [2.45, 2.75) is 19.6 Å². The molecule has 25 heavy (non-hydrogen) atoms. The fourth-order valence-corrected chi connectivity index (χ4v) is 2.77. The van der Waals surface area contributed by atoms with E-state index in [2.05, 4.69) is 10.2 Å². The number of aliphatic hydroxyl groups is 1. The average molecular weight is 344 g/mol. The topological polar surface area (TPSA) is 90.9 Å². The van der Waals surface area contributed by atoms with E-state index in [-0.39, 0.29) is 6.61 Å². The summed E-state index contributed by atoms with van der Waals surface area (Å²) in [7, 11) is 2.89. The van der Waals surface area contributed by atoms with E-state index in [1.54, 1.807) is 28.7 Å². The second-order valence-electron chi connectivity index (χ2n) is 5.73. The van der Waals surface area contributed by atoms with Gasteiger partial charge >= 0.3 is 5.97 Å². The normalized spacial score (nSPS) is 12.5. The molecule has 3 aromatic heterocycles. The van der Waals surface area contributed by atoms with Crippen molar-refractivity contribution in [1.29, 1.82) is 0 Å². The molecule has 0 unspecified atom stereocenters. The highest BCUT2D eigenvalue weighted by Crippen LogP contribution is 2.25. The Hall–Kier alpha value is -2.71. The van der Waals surface area contributed by atoms with Gasteiger partial charge in [-0.15, -0.1) is 0 Å². The Morgan fingerprint density at radius 2 is 2.12 bits per heavy atom. The van der Waals surface area contributed by atoms with Gasteiger partial charge in [0.05, 0.1) is 44.3 Å². The number of hydrogen-bond acceptors (Lipinski definition) is 6. The molecule has 0 radical (unpaired) electrons. The van der Waals surface area contributed by atoms with Gasteiger partial charge in [-0.25, -0.2) is 9.31 Å². The Bertz CT molecular complexity index is 899. The molecule has 0 aromatic carbocycles. The maximum Gasteiger partial charge on any atom is 0.341 e. The minimum Gasteiger partial charge on any atom is -0.465 e. The van der Waals surface area contributed by atoms with E-state index in [1.807, 2.05) is 19.1 Å². The lowest BCUT2D eigenvalue weighted by molar-refractivity contribution is 0.0510. The zero-order valence-corrected chi connectivity index (χ0v) is 14.3. The van der Waals surface area contributed by atoms with Crippen LogP contribution in [-0.2, 0) is 16.0 Å². The minimum atomic E-state index is -0.625. The summed E-state index contributed by atoms with van der Waals surface area (Å²) < 4.78 is 13.1. The van der Waals surface area contributed by atoms with Gasteiger partial charge in [-0.05, 0) is 24.6 Å². The van der Waals surface area contributed by atoms with Crippen LogP contribution >= 0.6 is 0 Å². The van der Waals surface area contributed by atoms with Crippen LogP contribution < -0.4 is 0 Å². The molecule has 3 aromatic rings. The van der Waals surface area contributed by atoms with Crippen molar-refractivity contribution in [2.75, 3.05) is 20.8 Å². The number of carbonyl (C=O) groups excluding carboxylic acids is 1. The second kappa shape index (κ2) is 7.04. The van der Waals surface area contributed by atoms with Crippen LogP contribution in [0.1, 0.15) is 16.1 Å². The third-order valence-electron chi connectivity index (χ3n) is 4.08. The SMILES string of the molecule is COC[C@@H](O)Cn1ncc(-c2ccn3ncc(C(=O)OC)c3c2)c1C. The van der Waals surface area contributed by atoms with Crippen molar-refractivity contribution >= 4 is 11.5 Å². The summed E-state index contributed by atoms with van der Waals surface area (Å²) in [5, 5.41) is 18.4. The molecule has 0 spiro atoms. The maximum absolute atomic E-state index is 11.9. The number of aromatic nitrogens is 4. The summed E-state index contributed by atoms with van der Waals surface area (Å²) in [5.74, 6) is -0.428. The second-order valence-corrected chi connectivity index (χ2v) is 5.73. The van der Waals surface area contributed by atoms with Gasteiger partial charge < -0.3 is 14.6 Å². The van der Waals surface area contributed by atoms with Crippen LogP contribution in [0, 0.1) is 6.92 Å². The van der Waals surface area contributed by atoms with Crippen LogP contribution in [-0.4, -0.2) is 57.4 Å². The molecule has 1 N–H and O–H groups in total. The fourth-order valence-electron chi connectivity index (χ4n) is 2.77. The zero-order valence-electron chi connectivity index (χ0n) is 14.3. The molecular weight excluding hydrogens is 324 g/mol. The van der Waals surface area contributed by atoms with Crippen molar-refractivity contribution in [2.24, 2.45) is 0 Å². The molecule has 0 aliphatic heterocycles. The van der Waals surface area contributed by atoms with Gasteiger partial charge in [0.2, 0.25) is 0 Å². The first kappa shape index (κ1) is 17.1. The molecule has 1 atom stereocenters. The number of aliphatic hydroxyl groups excluding tert-OH is 1. The first-order valence-electron chi connectivity index (χ1n) is 7.80. The van der Waals surface area contributed by atoms with Crippen molar-refractivity contribution < 1.29 is 19.4 Å². The molecule has 8 nitrogen and oxygen atoms in total. The standard InChI is InChI=1S/C17H20N4O4/c1-11-14(7-19-21(11)9-13(22)10-24-2)12-4-5-20-16(6-12)15(8-18-20)17(23)25-3/h4-8,13,22H,9-10H2,1-3H3/t13-/m0/s1. The van der Waals surface area contributed by atoms with Gasteiger partial charge in [0.1, 0.15) is 5.56 Å². The summed E-state index contributed by atoms with van der Waals surface area (Å²) in [6, 6.07) is 3.78. The highest BCUT2D eigenvalue weighted by atomic mass is 16.5. The van der Waals surface area contributed by atoms with Crippen molar-refractivity contribution in [1.82, 2.24) is 19.4 Å². The van der Waals surface area contributed by atoms with Crippen LogP contribution in [0.2, 0.25) is 0 Å². The highest BCUT2D eigenvalue weighted by Gasteiger charge is 2.16. The molecular formula is C17H20N4O4. The van der Waals surface area contributed by atoms with Crippen molar-refractivity contribution in [3.05, 3.63) is 42.0 Å². The largest absolute Gasteiger partial charge is 0.465 e. The zero-order chi connectivity index (χ0) is 18.0. The smallest absolute Gasteiger partial charge is 0.341 e. The van der Waals surface area contributed by atoms with E-state index in [4.69, 9.17) is 9.47 Å². The number of rotatable bonds is 6. The quantitative estimate of drug-likeness (QED) is 0.678. The van der Waals surface area contributed by atoms with E-state index >= 15 is 0 Å². The van der Waals surface area contributed by atoms with Crippen molar-refractivity contribution in [3.63, 3.8) is 0 Å². The molecule has 3 heterocycles. The van der Waals surface area contributed by atoms with Crippen LogP contribution in [0.25, 0.3) is 16.6 Å². The van der Waals surface area contributed by atoms with Gasteiger partial charge in [0.15, 0.2) is 0 Å². The molecule has 132 valence electrons. The predicted octanol–water partition coefficient (Wildman–Crippen LogP) is 1.30. The Morgan fingerprint density at radius 3 is 2.84 bits per heavy atom. The lowest BCUT2D eigenvalue weighted by Gasteiger charge is -2.11. The summed E-state index contributed by atoms with van der Waals surface area (Å²) in [5.41, 5.74) is 3.81. The van der Waals surface area contributed by atoms with Gasteiger partial charge in [0.25, 0.3) is 0 Å². The summed E-state index contributed by atoms with van der Waals surface area (Å²) >= 11 is 0. The van der Waals surface area contributed by atoms with E-state index in [0.717, 1.165) is 16.8 Å². The van der Waals surface area contributed by atoms with E-state index in [0.29, 0.717) is 17.6 Å². The van der Waals surface area contributed by atoms with Gasteiger partial charge in [-0.1, -0.05) is 0 Å². The summed E-state index contributed by atoms with van der Waals surface area (Å²) in [4.78, 5) is 11.9. The number of hydrogen-bond donors (Lipinski definition) is 1. The Morgan fingerprint density at radius 1 is 1.32 bits per heavy atom. The number of nitrogens with zero attached hydrogens (tertiary/aromatic N) is 4. The minimum absolute atomic E-state index is 0.249. The number of carbonyl (C=O) groups is 1. The van der Waals surface area contributed by atoms with E-state index in [9.17, 15) is 9.90 Å². The summed E-state index contributed by atoms with van der Waals surface area (Å²) in [6.07, 6.45) is 4.39. The van der Waals surface area contributed by atoms with Crippen molar-refractivity contribution in [3.8, 4) is 11.1 Å². The molecule has 0 aliphatic carbocycles. The lowest BCUT2D eigenvalue weighted by atomic mass is 10.1. The Labute approximate surface area is 144 Å². The molecule has 3 rings (SSSR count). The monoisotopic (exact) mass is 344 g/mol. The van der Waals surface area contributed by atoms with E-state index in [1.165, 1.54) is 13.3 Å². The molecule has 0 saturated heterocycles. The predicted molar refractivity (Wildman–Crippen MR) is 90.4 cm³/mol. The Kier molecular flexibility index (Phi) is 4.82. The molecule has 0 amide bonds. The van der Waals surface area contributed by atoms with E-state index < -0.39 is 12.1 Å². The van der Waals surface area contributed by atoms with Crippen LogP contribution in [0.4, 0.5) is 0 Å². The maximum atomic E-state index is 11.9. The number of methoxy groups -OCH3 is 2. The third-order valence-corrected chi connectivity index (χ3v) is 4.08. The molecule has 8 heteroatoms. The molecule has 0 bridgehead atoms. The first-order chi connectivity index (χ1) is 12.0. The van der Waals surface area contributed by atoms with Crippen LogP contribution in [0.15, 0.2) is 30.7 Å². The number of fused-ring (bicyclic) bond motifs is 1. The average Bonchev–Trinajstić information content (AvgIpc) is 3.18. The Balaban J connectivity index is 1.97. The third kappa shape index (κ3) is 3.26. The lowest BCUT2D eigenvalue weighted by Crippen LogP contribution is -2.22. The van der Waals surface area contributed by atoms with Crippen LogP contribution in [0.5, 0.6) is 0 Å². The van der Waals surface area contributed by atoms with Gasteiger partial charge in [-0.3, -0.25) is 4.68 Å². The number of pyridine rings is 1. The molecule has 0 saturated carbocycles. The van der Waals surface area contributed by atoms with Gasteiger partial charge in [0, 0.05) is 24.6 Å². The van der Waals surface area contributed by atoms with Crippen LogP contribution in [0.3, 0.4) is 0 Å².